The first-order valence-electron chi connectivity index (χ1n) is 6.64. The average molecular weight is 329 g/mol. The van der Waals surface area contributed by atoms with E-state index in [1.807, 2.05) is 18.2 Å². The van der Waals surface area contributed by atoms with Crippen LogP contribution in [-0.2, 0) is 11.2 Å². The number of aliphatic hydroxyl groups is 1. The molecule has 4 heteroatoms. The number of hydrogen-bond donors (Lipinski definition) is 1. The zero-order valence-corrected chi connectivity index (χ0v) is 13.1. The summed E-state index contributed by atoms with van der Waals surface area (Å²) >= 11 is 3.47. The highest BCUT2D eigenvalue weighted by molar-refractivity contribution is 9.10. The normalized spacial score (nSPS) is 18.7. The van der Waals surface area contributed by atoms with Crippen molar-refractivity contribution in [2.24, 2.45) is 0 Å². The Labute approximate surface area is 123 Å². The second-order valence-electron chi connectivity index (χ2n) is 5.27. The lowest BCUT2D eigenvalue weighted by atomic mass is 9.75. The lowest BCUT2D eigenvalue weighted by molar-refractivity contribution is -0.0989. The minimum atomic E-state index is -0.361. The van der Waals surface area contributed by atoms with Gasteiger partial charge in [0.05, 0.1) is 23.3 Å². The molecule has 1 aliphatic rings. The van der Waals surface area contributed by atoms with Gasteiger partial charge in [0.2, 0.25) is 0 Å². The van der Waals surface area contributed by atoms with Crippen LogP contribution in [0.15, 0.2) is 22.7 Å². The molecule has 1 aromatic rings. The standard InChI is InChI=1S/C15H21BrO3/c1-18-14-5-4-11(9-13(14)16)8-12(17)10-15(19-2)6-3-7-15/h4-5,9,12,17H,3,6-8,10H2,1-2H3. The Balaban J connectivity index is 1.95. The number of hydrogen-bond acceptors (Lipinski definition) is 3. The minimum absolute atomic E-state index is 0.0802. The monoisotopic (exact) mass is 328 g/mol. The highest BCUT2D eigenvalue weighted by Crippen LogP contribution is 2.39. The van der Waals surface area contributed by atoms with Crippen molar-refractivity contribution in [1.29, 1.82) is 0 Å². The van der Waals surface area contributed by atoms with E-state index in [2.05, 4.69) is 15.9 Å². The van der Waals surface area contributed by atoms with Crippen molar-refractivity contribution in [3.05, 3.63) is 28.2 Å². The molecule has 0 heterocycles. The fourth-order valence-electron chi connectivity index (χ4n) is 2.67. The van der Waals surface area contributed by atoms with Crippen molar-refractivity contribution < 1.29 is 14.6 Å². The summed E-state index contributed by atoms with van der Waals surface area (Å²) in [5.41, 5.74) is 1.02. The van der Waals surface area contributed by atoms with Gasteiger partial charge in [0.15, 0.2) is 0 Å². The maximum atomic E-state index is 10.2. The molecule has 1 atom stereocenters. The first-order valence-corrected chi connectivity index (χ1v) is 7.43. The van der Waals surface area contributed by atoms with Gasteiger partial charge in [0.25, 0.3) is 0 Å². The first-order chi connectivity index (χ1) is 9.08. The molecular formula is C15H21BrO3. The van der Waals surface area contributed by atoms with E-state index >= 15 is 0 Å². The Bertz CT molecular complexity index is 424. The number of benzene rings is 1. The molecule has 0 aliphatic heterocycles. The highest BCUT2D eigenvalue weighted by atomic mass is 79.9. The Morgan fingerprint density at radius 3 is 2.58 bits per heavy atom. The van der Waals surface area contributed by atoms with Crippen molar-refractivity contribution >= 4 is 15.9 Å². The molecule has 0 aromatic heterocycles. The van der Waals surface area contributed by atoms with Crippen LogP contribution in [-0.4, -0.2) is 31.0 Å². The van der Waals surface area contributed by atoms with Crippen LogP contribution in [0, 0.1) is 0 Å². The second-order valence-corrected chi connectivity index (χ2v) is 6.13. The first kappa shape index (κ1) is 14.8. The van der Waals surface area contributed by atoms with Gasteiger partial charge < -0.3 is 14.6 Å². The summed E-state index contributed by atoms with van der Waals surface area (Å²) < 4.78 is 11.7. The molecule has 0 radical (unpaired) electrons. The van der Waals surface area contributed by atoms with Gasteiger partial charge in [0.1, 0.15) is 5.75 Å². The van der Waals surface area contributed by atoms with Crippen molar-refractivity contribution in [2.45, 2.75) is 43.8 Å². The summed E-state index contributed by atoms with van der Waals surface area (Å²) in [7, 11) is 3.39. The number of methoxy groups -OCH3 is 2. The summed E-state index contributed by atoms with van der Waals surface area (Å²) in [6.07, 6.45) is 4.33. The Kier molecular flexibility index (Phi) is 4.87. The van der Waals surface area contributed by atoms with Crippen molar-refractivity contribution in [3.63, 3.8) is 0 Å². The maximum Gasteiger partial charge on any atom is 0.133 e. The van der Waals surface area contributed by atoms with Gasteiger partial charge in [-0.15, -0.1) is 0 Å². The van der Waals surface area contributed by atoms with E-state index in [0.29, 0.717) is 12.8 Å². The maximum absolute atomic E-state index is 10.2. The molecule has 3 nitrogen and oxygen atoms in total. The molecule has 1 saturated carbocycles. The predicted octanol–water partition coefficient (Wildman–Crippen LogP) is 3.32. The van der Waals surface area contributed by atoms with Crippen LogP contribution in [0.25, 0.3) is 0 Å². The van der Waals surface area contributed by atoms with Crippen LogP contribution in [0.1, 0.15) is 31.2 Å². The fourth-order valence-corrected chi connectivity index (χ4v) is 3.26. The van der Waals surface area contributed by atoms with Gasteiger partial charge in [-0.25, -0.2) is 0 Å². The quantitative estimate of drug-likeness (QED) is 0.870. The van der Waals surface area contributed by atoms with Crippen LogP contribution in [0.5, 0.6) is 5.75 Å². The van der Waals surface area contributed by atoms with Crippen LogP contribution in [0.4, 0.5) is 0 Å². The molecule has 1 aliphatic carbocycles. The lowest BCUT2D eigenvalue weighted by Gasteiger charge is -2.41. The van der Waals surface area contributed by atoms with E-state index in [-0.39, 0.29) is 11.7 Å². The third-order valence-electron chi connectivity index (χ3n) is 3.99. The third-order valence-corrected chi connectivity index (χ3v) is 4.61. The molecule has 19 heavy (non-hydrogen) atoms. The second kappa shape index (κ2) is 6.25. The van der Waals surface area contributed by atoms with Crippen LogP contribution < -0.4 is 4.74 Å². The van der Waals surface area contributed by atoms with Crippen LogP contribution in [0.3, 0.4) is 0 Å². The number of rotatable bonds is 6. The van der Waals surface area contributed by atoms with Gasteiger partial charge >= 0.3 is 0 Å². The van der Waals surface area contributed by atoms with E-state index < -0.39 is 0 Å². The average Bonchev–Trinajstić information content (AvgIpc) is 2.34. The molecule has 0 saturated heterocycles. The fraction of sp³-hybridized carbons (Fsp3) is 0.600. The van der Waals surface area contributed by atoms with Gasteiger partial charge in [0, 0.05) is 13.5 Å². The van der Waals surface area contributed by atoms with Crippen LogP contribution in [0.2, 0.25) is 0 Å². The van der Waals surface area contributed by atoms with Crippen molar-refractivity contribution in [3.8, 4) is 5.75 Å². The Hall–Kier alpha value is -0.580. The molecule has 106 valence electrons. The molecule has 1 fully saturated rings. The predicted molar refractivity (Wildman–Crippen MR) is 78.6 cm³/mol. The molecule has 1 unspecified atom stereocenters. The topological polar surface area (TPSA) is 38.7 Å². The molecular weight excluding hydrogens is 308 g/mol. The summed E-state index contributed by atoms with van der Waals surface area (Å²) in [5, 5.41) is 10.2. The van der Waals surface area contributed by atoms with E-state index in [1.165, 1.54) is 6.42 Å². The number of halogens is 1. The van der Waals surface area contributed by atoms with E-state index in [9.17, 15) is 5.11 Å². The third kappa shape index (κ3) is 3.50. The summed E-state index contributed by atoms with van der Waals surface area (Å²) in [6, 6.07) is 5.91. The molecule has 0 spiro atoms. The number of ether oxygens (including phenoxy) is 2. The van der Waals surface area contributed by atoms with Crippen LogP contribution >= 0.6 is 15.9 Å². The Morgan fingerprint density at radius 1 is 1.37 bits per heavy atom. The van der Waals surface area contributed by atoms with E-state index in [1.54, 1.807) is 14.2 Å². The van der Waals surface area contributed by atoms with Gasteiger partial charge in [-0.3, -0.25) is 0 Å². The molecule has 1 N–H and O–H groups in total. The van der Waals surface area contributed by atoms with Gasteiger partial charge in [-0.05, 0) is 59.3 Å². The number of aliphatic hydroxyl groups excluding tert-OH is 1. The molecule has 2 rings (SSSR count). The zero-order chi connectivity index (χ0) is 13.9. The highest BCUT2D eigenvalue weighted by Gasteiger charge is 2.38. The van der Waals surface area contributed by atoms with Gasteiger partial charge in [-0.1, -0.05) is 6.07 Å². The largest absolute Gasteiger partial charge is 0.496 e. The molecule has 0 bridgehead atoms. The van der Waals surface area contributed by atoms with E-state index in [0.717, 1.165) is 28.6 Å². The molecule has 1 aromatic carbocycles. The summed E-state index contributed by atoms with van der Waals surface area (Å²) in [5.74, 6) is 0.811. The SMILES string of the molecule is COc1ccc(CC(O)CC2(OC)CCC2)cc1Br. The lowest BCUT2D eigenvalue weighted by Crippen LogP contribution is -2.42. The minimum Gasteiger partial charge on any atom is -0.496 e. The zero-order valence-electron chi connectivity index (χ0n) is 11.5. The van der Waals surface area contributed by atoms with Gasteiger partial charge in [-0.2, -0.15) is 0 Å². The smallest absolute Gasteiger partial charge is 0.133 e. The summed E-state index contributed by atoms with van der Waals surface area (Å²) in [4.78, 5) is 0. The Morgan fingerprint density at radius 2 is 2.11 bits per heavy atom. The summed E-state index contributed by atoms with van der Waals surface area (Å²) in [6.45, 7) is 0. The van der Waals surface area contributed by atoms with Crippen molar-refractivity contribution in [1.82, 2.24) is 0 Å². The van der Waals surface area contributed by atoms with E-state index in [4.69, 9.17) is 9.47 Å². The molecule has 0 amide bonds. The van der Waals surface area contributed by atoms with Crippen molar-refractivity contribution in [2.75, 3.05) is 14.2 Å².